The molecular weight excluding hydrogens is 264 g/mol. The summed E-state index contributed by atoms with van der Waals surface area (Å²) in [4.78, 5) is 5.71. The minimum Gasteiger partial charge on any atom is -0.375 e. The number of nitrogens with zero attached hydrogens (tertiary/aromatic N) is 1. The Kier molecular flexibility index (Phi) is 3.28. The van der Waals surface area contributed by atoms with Gasteiger partial charge < -0.3 is 5.73 Å². The number of thiazole rings is 1. The Labute approximate surface area is 122 Å². The van der Waals surface area contributed by atoms with Gasteiger partial charge in [-0.25, -0.2) is 4.98 Å². The van der Waals surface area contributed by atoms with Crippen LogP contribution in [0.5, 0.6) is 0 Å². The lowest BCUT2D eigenvalue weighted by atomic mass is 9.98. The number of hydrogen-bond acceptors (Lipinski definition) is 3. The Morgan fingerprint density at radius 2 is 1.55 bits per heavy atom. The number of nitrogen functional groups attached to an aromatic ring is 1. The average molecular weight is 280 g/mol. The molecule has 2 N–H and O–H groups in total. The highest BCUT2D eigenvalue weighted by Crippen LogP contribution is 2.40. The minimum atomic E-state index is 0.613. The lowest BCUT2D eigenvalue weighted by Crippen LogP contribution is -1.91. The molecule has 1 heterocycles. The highest BCUT2D eigenvalue weighted by Gasteiger charge is 2.16. The third-order valence-electron chi connectivity index (χ3n) is 3.40. The predicted molar refractivity (Wildman–Crippen MR) is 86.9 cm³/mol. The van der Waals surface area contributed by atoms with Crippen molar-refractivity contribution in [1.29, 1.82) is 0 Å². The molecule has 2 nitrogen and oxygen atoms in total. The second-order valence-electron chi connectivity index (χ2n) is 4.86. The molecule has 0 bridgehead atoms. The van der Waals surface area contributed by atoms with Crippen LogP contribution in [0, 0.1) is 13.8 Å². The number of aryl methyl sites for hydroxylation is 2. The van der Waals surface area contributed by atoms with Crippen molar-refractivity contribution in [3.8, 4) is 21.7 Å². The molecule has 0 amide bonds. The molecule has 3 heteroatoms. The first kappa shape index (κ1) is 12.9. The van der Waals surface area contributed by atoms with E-state index in [0.717, 1.165) is 10.6 Å². The standard InChI is InChI=1S/C17H16N2S/c1-11-7-6-8-12(2)14(11)15-16(20-17(18)19-15)13-9-4-3-5-10-13/h3-10H,1-2H3,(H2,18,19). The summed E-state index contributed by atoms with van der Waals surface area (Å²) in [5.41, 5.74) is 11.8. The number of rotatable bonds is 2. The van der Waals surface area contributed by atoms with Gasteiger partial charge in [-0.1, -0.05) is 59.9 Å². The fourth-order valence-corrected chi connectivity index (χ4v) is 3.32. The maximum atomic E-state index is 5.96. The molecular formula is C17H16N2S. The predicted octanol–water partition coefficient (Wildman–Crippen LogP) is 4.68. The van der Waals surface area contributed by atoms with Crippen LogP contribution in [0.1, 0.15) is 11.1 Å². The maximum Gasteiger partial charge on any atom is 0.181 e. The summed E-state index contributed by atoms with van der Waals surface area (Å²) in [5, 5.41) is 0.613. The van der Waals surface area contributed by atoms with E-state index in [9.17, 15) is 0 Å². The van der Waals surface area contributed by atoms with Crippen molar-refractivity contribution in [2.24, 2.45) is 0 Å². The Morgan fingerprint density at radius 1 is 0.900 bits per heavy atom. The van der Waals surface area contributed by atoms with Gasteiger partial charge >= 0.3 is 0 Å². The van der Waals surface area contributed by atoms with Gasteiger partial charge in [0, 0.05) is 5.56 Å². The van der Waals surface area contributed by atoms with Crippen LogP contribution in [-0.4, -0.2) is 4.98 Å². The van der Waals surface area contributed by atoms with Gasteiger partial charge in [0.05, 0.1) is 10.6 Å². The number of benzene rings is 2. The zero-order chi connectivity index (χ0) is 14.1. The smallest absolute Gasteiger partial charge is 0.181 e. The van der Waals surface area contributed by atoms with Gasteiger partial charge in [-0.2, -0.15) is 0 Å². The monoisotopic (exact) mass is 280 g/mol. The molecule has 1 aromatic heterocycles. The zero-order valence-electron chi connectivity index (χ0n) is 11.6. The topological polar surface area (TPSA) is 38.9 Å². The number of aromatic nitrogens is 1. The van der Waals surface area contributed by atoms with E-state index in [0.29, 0.717) is 5.13 Å². The summed E-state index contributed by atoms with van der Waals surface area (Å²) in [5.74, 6) is 0. The Morgan fingerprint density at radius 3 is 2.20 bits per heavy atom. The van der Waals surface area contributed by atoms with Crippen molar-refractivity contribution >= 4 is 16.5 Å². The molecule has 3 rings (SSSR count). The van der Waals surface area contributed by atoms with Gasteiger partial charge in [0.1, 0.15) is 0 Å². The normalized spacial score (nSPS) is 10.7. The van der Waals surface area contributed by atoms with Crippen molar-refractivity contribution in [1.82, 2.24) is 4.98 Å². The number of anilines is 1. The molecule has 0 aliphatic carbocycles. The molecule has 0 spiro atoms. The lowest BCUT2D eigenvalue weighted by molar-refractivity contribution is 1.33. The van der Waals surface area contributed by atoms with Crippen LogP contribution in [0.2, 0.25) is 0 Å². The summed E-state index contributed by atoms with van der Waals surface area (Å²) in [6.07, 6.45) is 0. The molecule has 0 saturated heterocycles. The number of nitrogens with two attached hydrogens (primary N) is 1. The fraction of sp³-hybridized carbons (Fsp3) is 0.118. The molecule has 3 aromatic rings. The second kappa shape index (κ2) is 5.10. The maximum absolute atomic E-state index is 5.96. The third kappa shape index (κ3) is 2.21. The van der Waals surface area contributed by atoms with Gasteiger partial charge in [-0.05, 0) is 30.5 Å². The summed E-state index contributed by atoms with van der Waals surface area (Å²) in [6.45, 7) is 4.24. The van der Waals surface area contributed by atoms with E-state index in [1.807, 2.05) is 18.2 Å². The summed E-state index contributed by atoms with van der Waals surface area (Å²) in [6, 6.07) is 16.6. The van der Waals surface area contributed by atoms with Crippen molar-refractivity contribution in [3.05, 3.63) is 59.7 Å². The van der Waals surface area contributed by atoms with Gasteiger partial charge in [-0.15, -0.1) is 0 Å². The molecule has 2 aromatic carbocycles. The van der Waals surface area contributed by atoms with E-state index in [1.165, 1.54) is 22.3 Å². The highest BCUT2D eigenvalue weighted by atomic mass is 32.1. The molecule has 0 fully saturated rings. The SMILES string of the molecule is Cc1cccc(C)c1-c1nc(N)sc1-c1ccccc1. The fourth-order valence-electron chi connectivity index (χ4n) is 2.48. The van der Waals surface area contributed by atoms with Crippen LogP contribution < -0.4 is 5.73 Å². The summed E-state index contributed by atoms with van der Waals surface area (Å²) < 4.78 is 0. The van der Waals surface area contributed by atoms with E-state index in [4.69, 9.17) is 5.73 Å². The van der Waals surface area contributed by atoms with E-state index in [-0.39, 0.29) is 0 Å². The molecule has 20 heavy (non-hydrogen) atoms. The highest BCUT2D eigenvalue weighted by molar-refractivity contribution is 7.19. The van der Waals surface area contributed by atoms with Gasteiger partial charge in [-0.3, -0.25) is 0 Å². The zero-order valence-corrected chi connectivity index (χ0v) is 12.4. The van der Waals surface area contributed by atoms with Gasteiger partial charge in [0.15, 0.2) is 5.13 Å². The first-order chi connectivity index (χ1) is 9.66. The van der Waals surface area contributed by atoms with Crippen LogP contribution in [0.25, 0.3) is 21.7 Å². The Bertz CT molecular complexity index is 725. The quantitative estimate of drug-likeness (QED) is 0.740. The third-order valence-corrected chi connectivity index (χ3v) is 4.33. The summed E-state index contributed by atoms with van der Waals surface area (Å²) >= 11 is 1.55. The van der Waals surface area contributed by atoms with E-state index in [2.05, 4.69) is 49.2 Å². The van der Waals surface area contributed by atoms with Crippen molar-refractivity contribution < 1.29 is 0 Å². The van der Waals surface area contributed by atoms with Crippen molar-refractivity contribution in [2.75, 3.05) is 5.73 Å². The molecule has 0 radical (unpaired) electrons. The average Bonchev–Trinajstić information content (AvgIpc) is 2.81. The second-order valence-corrected chi connectivity index (χ2v) is 5.89. The van der Waals surface area contributed by atoms with E-state index in [1.54, 1.807) is 11.3 Å². The van der Waals surface area contributed by atoms with Crippen LogP contribution in [0.4, 0.5) is 5.13 Å². The van der Waals surface area contributed by atoms with Crippen LogP contribution in [0.3, 0.4) is 0 Å². The lowest BCUT2D eigenvalue weighted by Gasteiger charge is -2.09. The van der Waals surface area contributed by atoms with Crippen molar-refractivity contribution in [2.45, 2.75) is 13.8 Å². The first-order valence-electron chi connectivity index (χ1n) is 6.55. The molecule has 0 atom stereocenters. The largest absolute Gasteiger partial charge is 0.375 e. The van der Waals surface area contributed by atoms with Crippen LogP contribution in [-0.2, 0) is 0 Å². The Hall–Kier alpha value is -2.13. The van der Waals surface area contributed by atoms with Gasteiger partial charge in [0.25, 0.3) is 0 Å². The first-order valence-corrected chi connectivity index (χ1v) is 7.37. The molecule has 0 aliphatic heterocycles. The Balaban J connectivity index is 2.26. The van der Waals surface area contributed by atoms with Gasteiger partial charge in [0.2, 0.25) is 0 Å². The molecule has 0 aliphatic rings. The van der Waals surface area contributed by atoms with E-state index >= 15 is 0 Å². The van der Waals surface area contributed by atoms with E-state index < -0.39 is 0 Å². The van der Waals surface area contributed by atoms with Crippen molar-refractivity contribution in [3.63, 3.8) is 0 Å². The number of hydrogen-bond donors (Lipinski definition) is 1. The minimum absolute atomic E-state index is 0.613. The van der Waals surface area contributed by atoms with Crippen LogP contribution in [0.15, 0.2) is 48.5 Å². The molecule has 0 saturated carbocycles. The molecule has 100 valence electrons. The summed E-state index contributed by atoms with van der Waals surface area (Å²) in [7, 11) is 0. The van der Waals surface area contributed by atoms with Crippen LogP contribution >= 0.6 is 11.3 Å². The molecule has 0 unspecified atom stereocenters.